The zero-order valence-electron chi connectivity index (χ0n) is 13.5. The van der Waals surface area contributed by atoms with E-state index in [1.807, 2.05) is 12.1 Å². The molecular weight excluding hydrogens is 309 g/mol. The third-order valence-corrected chi connectivity index (χ3v) is 3.57. The lowest BCUT2D eigenvalue weighted by Gasteiger charge is -2.20. The molecule has 1 aromatic heterocycles. The Morgan fingerprint density at radius 2 is 1.92 bits per heavy atom. The van der Waals surface area contributed by atoms with Crippen LogP contribution in [0.25, 0.3) is 0 Å². The number of aromatic nitrogens is 1. The van der Waals surface area contributed by atoms with Crippen LogP contribution in [0.15, 0.2) is 48.7 Å². The van der Waals surface area contributed by atoms with Crippen LogP contribution in [0, 0.1) is 5.82 Å². The van der Waals surface area contributed by atoms with Gasteiger partial charge in [-0.25, -0.2) is 4.39 Å². The fourth-order valence-electron chi connectivity index (χ4n) is 2.20. The Balaban J connectivity index is 1.82. The minimum Gasteiger partial charge on any atom is -0.352 e. The van der Waals surface area contributed by atoms with Crippen LogP contribution in [-0.2, 0) is 22.7 Å². The van der Waals surface area contributed by atoms with Gasteiger partial charge in [0.2, 0.25) is 11.8 Å². The Morgan fingerprint density at radius 3 is 2.58 bits per heavy atom. The number of nitrogens with one attached hydrogen (secondary N) is 1. The number of rotatable bonds is 7. The minimum absolute atomic E-state index is 0.123. The van der Waals surface area contributed by atoms with Gasteiger partial charge in [0.15, 0.2) is 0 Å². The molecule has 0 bridgehead atoms. The van der Waals surface area contributed by atoms with Crippen molar-refractivity contribution < 1.29 is 14.0 Å². The molecule has 2 rings (SSSR count). The van der Waals surface area contributed by atoms with E-state index in [1.165, 1.54) is 13.0 Å². The maximum Gasteiger partial charge on any atom is 0.222 e. The number of amides is 2. The van der Waals surface area contributed by atoms with Crippen LogP contribution in [0.5, 0.6) is 0 Å². The third kappa shape index (κ3) is 5.46. The Labute approximate surface area is 140 Å². The second-order valence-corrected chi connectivity index (χ2v) is 5.38. The van der Waals surface area contributed by atoms with Crippen LogP contribution >= 0.6 is 0 Å². The smallest absolute Gasteiger partial charge is 0.222 e. The molecule has 1 N–H and O–H groups in total. The first-order valence-electron chi connectivity index (χ1n) is 7.72. The third-order valence-electron chi connectivity index (χ3n) is 3.57. The molecule has 0 unspecified atom stereocenters. The topological polar surface area (TPSA) is 62.3 Å². The number of carbonyl (C=O) groups excluding carboxylic acids is 2. The number of hydrogen-bond acceptors (Lipinski definition) is 3. The summed E-state index contributed by atoms with van der Waals surface area (Å²) in [6, 6.07) is 11.8. The lowest BCUT2D eigenvalue weighted by Crippen LogP contribution is -2.33. The summed E-state index contributed by atoms with van der Waals surface area (Å²) >= 11 is 0. The minimum atomic E-state index is -0.349. The molecule has 0 saturated carbocycles. The highest BCUT2D eigenvalue weighted by Gasteiger charge is 2.12. The van der Waals surface area contributed by atoms with Gasteiger partial charge in [-0.1, -0.05) is 24.3 Å². The fourth-order valence-corrected chi connectivity index (χ4v) is 2.20. The molecular formula is C18H20FN3O2. The first-order valence-corrected chi connectivity index (χ1v) is 7.72. The number of nitrogens with zero attached hydrogens (tertiary/aromatic N) is 2. The van der Waals surface area contributed by atoms with Crippen LogP contribution in [0.3, 0.4) is 0 Å². The molecule has 0 aliphatic rings. The molecule has 24 heavy (non-hydrogen) atoms. The molecule has 0 saturated heterocycles. The summed E-state index contributed by atoms with van der Waals surface area (Å²) in [6.07, 6.45) is 1.82. The van der Waals surface area contributed by atoms with E-state index in [0.29, 0.717) is 12.1 Å². The zero-order valence-corrected chi connectivity index (χ0v) is 13.5. The summed E-state index contributed by atoms with van der Waals surface area (Å²) in [5.74, 6) is -0.702. The Morgan fingerprint density at radius 1 is 1.17 bits per heavy atom. The summed E-state index contributed by atoms with van der Waals surface area (Å²) in [4.78, 5) is 29.4. The largest absolute Gasteiger partial charge is 0.352 e. The van der Waals surface area contributed by atoms with Gasteiger partial charge in [-0.2, -0.15) is 0 Å². The van der Waals surface area contributed by atoms with Crippen molar-refractivity contribution in [3.63, 3.8) is 0 Å². The second kappa shape index (κ2) is 8.76. The van der Waals surface area contributed by atoms with Crippen molar-refractivity contribution in [1.29, 1.82) is 0 Å². The first-order chi connectivity index (χ1) is 11.6. The van der Waals surface area contributed by atoms with Crippen molar-refractivity contribution in [3.05, 3.63) is 65.7 Å². The van der Waals surface area contributed by atoms with Gasteiger partial charge in [0.25, 0.3) is 0 Å². The maximum atomic E-state index is 13.5. The molecule has 0 atom stereocenters. The van der Waals surface area contributed by atoms with Gasteiger partial charge in [0.05, 0.1) is 12.2 Å². The van der Waals surface area contributed by atoms with E-state index in [2.05, 4.69) is 10.3 Å². The fraction of sp³-hybridized carbons (Fsp3) is 0.278. The normalized spacial score (nSPS) is 10.2. The van der Waals surface area contributed by atoms with Gasteiger partial charge in [0, 0.05) is 38.2 Å². The quantitative estimate of drug-likeness (QED) is 0.848. The predicted molar refractivity (Wildman–Crippen MR) is 88.2 cm³/mol. The van der Waals surface area contributed by atoms with E-state index >= 15 is 0 Å². The molecule has 2 amide bonds. The maximum absolute atomic E-state index is 13.5. The van der Waals surface area contributed by atoms with Gasteiger partial charge in [-0.15, -0.1) is 0 Å². The highest BCUT2D eigenvalue weighted by Crippen LogP contribution is 2.06. The van der Waals surface area contributed by atoms with Crippen LogP contribution < -0.4 is 5.32 Å². The molecule has 0 radical (unpaired) electrons. The average molecular weight is 329 g/mol. The van der Waals surface area contributed by atoms with Crippen LogP contribution in [0.4, 0.5) is 4.39 Å². The van der Waals surface area contributed by atoms with E-state index in [9.17, 15) is 14.0 Å². The highest BCUT2D eigenvalue weighted by atomic mass is 19.1. The van der Waals surface area contributed by atoms with E-state index in [1.54, 1.807) is 35.4 Å². The monoisotopic (exact) mass is 329 g/mol. The molecule has 0 aliphatic carbocycles. The van der Waals surface area contributed by atoms with E-state index in [4.69, 9.17) is 0 Å². The summed E-state index contributed by atoms with van der Waals surface area (Å²) in [5.41, 5.74) is 1.20. The number of halogens is 1. The predicted octanol–water partition coefficient (Wildman–Crippen LogP) is 2.28. The molecule has 1 heterocycles. The lowest BCUT2D eigenvalue weighted by molar-refractivity contribution is -0.130. The van der Waals surface area contributed by atoms with E-state index in [-0.39, 0.29) is 37.1 Å². The van der Waals surface area contributed by atoms with Crippen LogP contribution in [0.1, 0.15) is 24.6 Å². The molecule has 0 aliphatic heterocycles. The lowest BCUT2D eigenvalue weighted by atomic mass is 10.2. The van der Waals surface area contributed by atoms with Gasteiger partial charge >= 0.3 is 0 Å². The molecule has 5 nitrogen and oxygen atoms in total. The Hall–Kier alpha value is -2.76. The highest BCUT2D eigenvalue weighted by molar-refractivity contribution is 5.78. The van der Waals surface area contributed by atoms with E-state index < -0.39 is 0 Å². The molecule has 0 spiro atoms. The van der Waals surface area contributed by atoms with Crippen molar-refractivity contribution >= 4 is 11.8 Å². The van der Waals surface area contributed by atoms with Crippen molar-refractivity contribution in [2.24, 2.45) is 0 Å². The van der Waals surface area contributed by atoms with Crippen molar-refractivity contribution in [2.75, 3.05) is 6.54 Å². The summed E-state index contributed by atoms with van der Waals surface area (Å²) in [7, 11) is 0. The van der Waals surface area contributed by atoms with Crippen molar-refractivity contribution in [1.82, 2.24) is 15.2 Å². The Bertz CT molecular complexity index is 692. The van der Waals surface area contributed by atoms with Crippen molar-refractivity contribution in [2.45, 2.75) is 26.4 Å². The van der Waals surface area contributed by atoms with Gasteiger partial charge < -0.3 is 10.2 Å². The van der Waals surface area contributed by atoms with E-state index in [0.717, 1.165) is 5.69 Å². The number of benzene rings is 1. The second-order valence-electron chi connectivity index (χ2n) is 5.38. The number of hydrogen-bond donors (Lipinski definition) is 1. The van der Waals surface area contributed by atoms with Crippen molar-refractivity contribution in [3.8, 4) is 0 Å². The first kappa shape index (κ1) is 17.6. The van der Waals surface area contributed by atoms with Gasteiger partial charge in [-0.05, 0) is 18.2 Å². The molecule has 1 aromatic carbocycles. The van der Waals surface area contributed by atoms with Crippen LogP contribution in [0.2, 0.25) is 0 Å². The average Bonchev–Trinajstić information content (AvgIpc) is 2.58. The SMILES string of the molecule is CC(=O)N(CCC(=O)NCc1ccccc1F)Cc1ccccn1. The molecule has 2 aromatic rings. The zero-order chi connectivity index (χ0) is 17.4. The molecule has 126 valence electrons. The summed E-state index contributed by atoms with van der Waals surface area (Å²) in [6.45, 7) is 2.23. The number of carbonyl (C=O) groups is 2. The van der Waals surface area contributed by atoms with Gasteiger partial charge in [0.1, 0.15) is 5.82 Å². The van der Waals surface area contributed by atoms with Crippen LogP contribution in [-0.4, -0.2) is 28.2 Å². The molecule has 0 fully saturated rings. The standard InChI is InChI=1S/C18H20FN3O2/c1-14(23)22(13-16-7-4-5-10-20-16)11-9-18(24)21-12-15-6-2-3-8-17(15)19/h2-8,10H,9,11-13H2,1H3,(H,21,24). The summed E-state index contributed by atoms with van der Waals surface area (Å²) < 4.78 is 13.5. The summed E-state index contributed by atoms with van der Waals surface area (Å²) in [5, 5.41) is 2.67. The van der Waals surface area contributed by atoms with Gasteiger partial charge in [-0.3, -0.25) is 14.6 Å². The Kier molecular flexibility index (Phi) is 6.42. The number of pyridine rings is 1. The molecule has 6 heteroatoms.